The number of carbonyl (C=O) groups excluding carboxylic acids is 1. The number of ketones is 1. The SMILES string of the molecule is Cn1ccnc1C(=O)c1ccc(Sc2nnnn2C)c([N+](=O)[O-])c1. The van der Waals surface area contributed by atoms with Gasteiger partial charge in [-0.3, -0.25) is 14.9 Å². The molecule has 0 unspecified atom stereocenters. The lowest BCUT2D eigenvalue weighted by Crippen LogP contribution is -2.09. The Morgan fingerprint density at radius 2 is 2.12 bits per heavy atom. The fraction of sp³-hybridized carbons (Fsp3) is 0.154. The summed E-state index contributed by atoms with van der Waals surface area (Å²) in [6.07, 6.45) is 3.12. The molecule has 0 saturated carbocycles. The van der Waals surface area contributed by atoms with Gasteiger partial charge in [0.05, 0.1) is 9.82 Å². The summed E-state index contributed by atoms with van der Waals surface area (Å²) >= 11 is 1.05. The molecule has 1 aromatic carbocycles. The first-order chi connectivity index (χ1) is 11.5. The summed E-state index contributed by atoms with van der Waals surface area (Å²) in [6, 6.07) is 4.27. The Kier molecular flexibility index (Phi) is 4.08. The van der Waals surface area contributed by atoms with E-state index in [0.717, 1.165) is 11.8 Å². The standard InChI is InChI=1S/C13H11N7O3S/c1-18-6-5-14-12(18)11(21)8-3-4-10(9(7-8)20(22)23)24-13-15-16-17-19(13)2/h3-7H,1-2H3. The van der Waals surface area contributed by atoms with Crippen molar-refractivity contribution in [1.82, 2.24) is 29.8 Å². The second kappa shape index (κ2) is 6.20. The third-order valence-corrected chi connectivity index (χ3v) is 4.32. The van der Waals surface area contributed by atoms with Crippen molar-refractivity contribution < 1.29 is 9.72 Å². The number of benzene rings is 1. The van der Waals surface area contributed by atoms with Gasteiger partial charge in [-0.25, -0.2) is 9.67 Å². The molecule has 10 nitrogen and oxygen atoms in total. The van der Waals surface area contributed by atoms with Crippen LogP contribution in [0.15, 0.2) is 40.6 Å². The van der Waals surface area contributed by atoms with Crippen LogP contribution in [0.4, 0.5) is 5.69 Å². The van der Waals surface area contributed by atoms with Gasteiger partial charge in [-0.1, -0.05) is 0 Å². The van der Waals surface area contributed by atoms with Crippen LogP contribution in [0.3, 0.4) is 0 Å². The summed E-state index contributed by atoms with van der Waals surface area (Å²) in [6.45, 7) is 0. The molecule has 11 heteroatoms. The molecule has 2 aromatic heterocycles. The van der Waals surface area contributed by atoms with Gasteiger partial charge in [-0.15, -0.1) is 5.10 Å². The zero-order valence-corrected chi connectivity index (χ0v) is 13.5. The zero-order valence-electron chi connectivity index (χ0n) is 12.7. The summed E-state index contributed by atoms with van der Waals surface area (Å²) in [5.74, 6) is -0.176. The van der Waals surface area contributed by atoms with E-state index >= 15 is 0 Å². The van der Waals surface area contributed by atoms with E-state index in [0.29, 0.717) is 10.1 Å². The van der Waals surface area contributed by atoms with E-state index in [9.17, 15) is 14.9 Å². The molecule has 0 aliphatic rings. The topological polar surface area (TPSA) is 122 Å². The predicted molar refractivity (Wildman–Crippen MR) is 82.7 cm³/mol. The second-order valence-corrected chi connectivity index (χ2v) is 5.83. The van der Waals surface area contributed by atoms with Crippen molar-refractivity contribution >= 4 is 23.2 Å². The molecule has 3 rings (SSSR count). The molecule has 0 N–H and O–H groups in total. The first kappa shape index (κ1) is 15.8. The molecular formula is C13H11N7O3S. The van der Waals surface area contributed by atoms with Gasteiger partial charge < -0.3 is 4.57 Å². The van der Waals surface area contributed by atoms with E-state index in [2.05, 4.69) is 20.5 Å². The van der Waals surface area contributed by atoms with Gasteiger partial charge in [0.2, 0.25) is 10.9 Å². The normalized spacial score (nSPS) is 10.8. The number of carbonyl (C=O) groups is 1. The van der Waals surface area contributed by atoms with Gasteiger partial charge in [0, 0.05) is 38.1 Å². The lowest BCUT2D eigenvalue weighted by molar-refractivity contribution is -0.387. The highest BCUT2D eigenvalue weighted by Gasteiger charge is 2.22. The van der Waals surface area contributed by atoms with Crippen LogP contribution in [0.2, 0.25) is 0 Å². The Bertz CT molecular complexity index is 933. The number of hydrogen-bond acceptors (Lipinski definition) is 8. The van der Waals surface area contributed by atoms with Crippen LogP contribution in [0.25, 0.3) is 0 Å². The van der Waals surface area contributed by atoms with Gasteiger partial charge in [0.1, 0.15) is 0 Å². The Hall–Kier alpha value is -3.08. The van der Waals surface area contributed by atoms with Crippen LogP contribution in [0.1, 0.15) is 16.2 Å². The van der Waals surface area contributed by atoms with Crippen molar-refractivity contribution in [2.75, 3.05) is 0 Å². The Morgan fingerprint density at radius 1 is 1.33 bits per heavy atom. The molecule has 0 saturated heterocycles. The summed E-state index contributed by atoms with van der Waals surface area (Å²) in [4.78, 5) is 27.6. The predicted octanol–water partition coefficient (Wildman–Crippen LogP) is 1.23. The molecule has 0 bridgehead atoms. The zero-order chi connectivity index (χ0) is 17.3. The van der Waals surface area contributed by atoms with Crippen molar-refractivity contribution in [2.24, 2.45) is 14.1 Å². The van der Waals surface area contributed by atoms with Gasteiger partial charge in [0.25, 0.3) is 5.69 Å². The number of nitrogens with zero attached hydrogens (tertiary/aromatic N) is 7. The first-order valence-electron chi connectivity index (χ1n) is 6.68. The van der Waals surface area contributed by atoms with Crippen molar-refractivity contribution in [1.29, 1.82) is 0 Å². The van der Waals surface area contributed by atoms with E-state index in [1.807, 2.05) is 0 Å². The molecule has 0 fully saturated rings. The van der Waals surface area contributed by atoms with E-state index in [-0.39, 0.29) is 22.9 Å². The lowest BCUT2D eigenvalue weighted by atomic mass is 10.1. The minimum atomic E-state index is -0.540. The minimum absolute atomic E-state index is 0.191. The average molecular weight is 345 g/mol. The maximum absolute atomic E-state index is 12.4. The van der Waals surface area contributed by atoms with Gasteiger partial charge in [-0.2, -0.15) is 0 Å². The Labute approximate surface area is 139 Å². The summed E-state index contributed by atoms with van der Waals surface area (Å²) < 4.78 is 2.96. The highest BCUT2D eigenvalue weighted by Crippen LogP contribution is 2.34. The monoisotopic (exact) mass is 345 g/mol. The molecule has 0 radical (unpaired) electrons. The highest BCUT2D eigenvalue weighted by molar-refractivity contribution is 7.99. The van der Waals surface area contributed by atoms with Crippen LogP contribution in [0.5, 0.6) is 0 Å². The third-order valence-electron chi connectivity index (χ3n) is 3.22. The van der Waals surface area contributed by atoms with Crippen LogP contribution in [-0.4, -0.2) is 40.5 Å². The van der Waals surface area contributed by atoms with Crippen molar-refractivity contribution in [3.63, 3.8) is 0 Å². The number of tetrazole rings is 1. The summed E-state index contributed by atoms with van der Waals surface area (Å²) in [5.41, 5.74) is -0.000463. The van der Waals surface area contributed by atoms with E-state index in [4.69, 9.17) is 0 Å². The van der Waals surface area contributed by atoms with Crippen molar-refractivity contribution in [2.45, 2.75) is 10.1 Å². The molecule has 2 heterocycles. The molecule has 0 aliphatic heterocycles. The molecule has 24 heavy (non-hydrogen) atoms. The van der Waals surface area contributed by atoms with E-state index in [1.54, 1.807) is 24.9 Å². The molecular weight excluding hydrogens is 334 g/mol. The fourth-order valence-corrected chi connectivity index (χ4v) is 2.82. The quantitative estimate of drug-likeness (QED) is 0.384. The van der Waals surface area contributed by atoms with E-state index in [1.165, 1.54) is 29.1 Å². The Balaban J connectivity index is 1.99. The van der Waals surface area contributed by atoms with Gasteiger partial charge in [-0.05, 0) is 34.3 Å². The number of imidazole rings is 1. The number of nitro groups is 1. The number of aromatic nitrogens is 6. The molecule has 0 amide bonds. The number of aryl methyl sites for hydroxylation is 2. The van der Waals surface area contributed by atoms with Crippen molar-refractivity contribution in [3.05, 3.63) is 52.1 Å². The third kappa shape index (κ3) is 2.88. The van der Waals surface area contributed by atoms with Crippen LogP contribution >= 0.6 is 11.8 Å². The fourth-order valence-electron chi connectivity index (χ4n) is 2.01. The maximum Gasteiger partial charge on any atom is 0.284 e. The van der Waals surface area contributed by atoms with E-state index < -0.39 is 4.92 Å². The van der Waals surface area contributed by atoms with Gasteiger partial charge >= 0.3 is 0 Å². The Morgan fingerprint density at radius 3 is 2.71 bits per heavy atom. The van der Waals surface area contributed by atoms with Crippen molar-refractivity contribution in [3.8, 4) is 0 Å². The average Bonchev–Trinajstić information content (AvgIpc) is 3.15. The van der Waals surface area contributed by atoms with Gasteiger partial charge in [0.15, 0.2) is 5.82 Å². The smallest absolute Gasteiger partial charge is 0.284 e. The number of rotatable bonds is 5. The summed E-state index contributed by atoms with van der Waals surface area (Å²) in [7, 11) is 3.31. The number of nitro benzene ring substituents is 1. The molecule has 3 aromatic rings. The summed E-state index contributed by atoms with van der Waals surface area (Å²) in [5, 5.41) is 22.7. The molecule has 0 aliphatic carbocycles. The first-order valence-corrected chi connectivity index (χ1v) is 7.49. The minimum Gasteiger partial charge on any atom is -0.331 e. The molecule has 0 spiro atoms. The van der Waals surface area contributed by atoms with Crippen LogP contribution in [-0.2, 0) is 14.1 Å². The number of hydrogen-bond donors (Lipinski definition) is 0. The molecule has 122 valence electrons. The lowest BCUT2D eigenvalue weighted by Gasteiger charge is -2.05. The molecule has 0 atom stereocenters. The maximum atomic E-state index is 12.4. The largest absolute Gasteiger partial charge is 0.331 e. The second-order valence-electron chi connectivity index (χ2n) is 4.82. The van der Waals surface area contributed by atoms with Crippen LogP contribution in [0, 0.1) is 10.1 Å². The van der Waals surface area contributed by atoms with Crippen LogP contribution < -0.4 is 0 Å². The highest BCUT2D eigenvalue weighted by atomic mass is 32.2.